The molecule has 184 valence electrons. The molecule has 2 aromatic carbocycles. The van der Waals surface area contributed by atoms with Gasteiger partial charge in [-0.3, -0.25) is 9.78 Å². The summed E-state index contributed by atoms with van der Waals surface area (Å²) in [6, 6.07) is 18.9. The molecular weight excluding hydrogens is 434 g/mol. The number of pyridine rings is 1. The smallest absolute Gasteiger partial charge is 0.253 e. The third-order valence-corrected chi connectivity index (χ3v) is 6.89. The van der Waals surface area contributed by atoms with Crippen molar-refractivity contribution in [3.05, 3.63) is 89.2 Å². The zero-order chi connectivity index (χ0) is 24.5. The van der Waals surface area contributed by atoms with Gasteiger partial charge in [0.2, 0.25) is 0 Å². The molecule has 0 fully saturated rings. The Balaban J connectivity index is 1.29. The van der Waals surface area contributed by atoms with Gasteiger partial charge in [-0.25, -0.2) is 0 Å². The van der Waals surface area contributed by atoms with Crippen LogP contribution in [0.15, 0.2) is 67.0 Å². The Kier molecular flexibility index (Phi) is 9.04. The van der Waals surface area contributed by atoms with Crippen molar-refractivity contribution in [1.82, 2.24) is 15.6 Å². The van der Waals surface area contributed by atoms with Gasteiger partial charge in [0.15, 0.2) is 0 Å². The number of hydrogen-bond acceptors (Lipinski definition) is 4. The van der Waals surface area contributed by atoms with Crippen LogP contribution in [0, 0.1) is 0 Å². The molecule has 1 amide bonds. The Hall–Kier alpha value is -3.02. The van der Waals surface area contributed by atoms with Crippen LogP contribution in [-0.4, -0.2) is 36.8 Å². The van der Waals surface area contributed by atoms with E-state index in [1.54, 1.807) is 13.3 Å². The minimum atomic E-state index is -0.303. The van der Waals surface area contributed by atoms with Gasteiger partial charge in [-0.2, -0.15) is 0 Å². The highest BCUT2D eigenvalue weighted by molar-refractivity contribution is 5.94. The van der Waals surface area contributed by atoms with E-state index in [0.29, 0.717) is 11.6 Å². The van der Waals surface area contributed by atoms with Crippen LogP contribution >= 0.6 is 0 Å². The average Bonchev–Trinajstić information content (AvgIpc) is 2.91. The van der Waals surface area contributed by atoms with Gasteiger partial charge in [-0.1, -0.05) is 43.3 Å². The number of carbonyl (C=O) groups is 1. The number of fused-ring (bicyclic) bond motifs is 1. The average molecular weight is 472 g/mol. The van der Waals surface area contributed by atoms with Crippen LogP contribution < -0.4 is 10.6 Å². The lowest BCUT2D eigenvalue weighted by Crippen LogP contribution is -2.36. The van der Waals surface area contributed by atoms with Crippen LogP contribution in [-0.2, 0) is 24.0 Å². The van der Waals surface area contributed by atoms with E-state index >= 15 is 0 Å². The molecule has 0 radical (unpaired) electrons. The topological polar surface area (TPSA) is 63.2 Å². The van der Waals surface area contributed by atoms with E-state index in [9.17, 15) is 4.79 Å². The minimum absolute atomic E-state index is 0.114. The highest BCUT2D eigenvalue weighted by Crippen LogP contribution is 2.26. The van der Waals surface area contributed by atoms with Crippen LogP contribution in [0.5, 0.6) is 0 Å². The molecule has 1 aliphatic rings. The summed E-state index contributed by atoms with van der Waals surface area (Å²) in [5.41, 5.74) is 7.18. The Morgan fingerprint density at radius 2 is 1.97 bits per heavy atom. The van der Waals surface area contributed by atoms with Gasteiger partial charge >= 0.3 is 0 Å². The van der Waals surface area contributed by atoms with E-state index in [-0.39, 0.29) is 12.1 Å². The Morgan fingerprint density at radius 1 is 1.11 bits per heavy atom. The monoisotopic (exact) mass is 471 g/mol. The summed E-state index contributed by atoms with van der Waals surface area (Å²) in [6.07, 6.45) is 10.7. The number of hydrogen-bond donors (Lipinski definition) is 2. The largest absolute Gasteiger partial charge is 0.362 e. The van der Waals surface area contributed by atoms with Gasteiger partial charge < -0.3 is 15.4 Å². The molecule has 0 aliphatic heterocycles. The van der Waals surface area contributed by atoms with Crippen molar-refractivity contribution in [3.63, 3.8) is 0 Å². The fraction of sp³-hybridized carbons (Fsp3) is 0.400. The summed E-state index contributed by atoms with van der Waals surface area (Å²) in [5, 5.41) is 6.72. The number of carbonyl (C=O) groups excluding carboxylic acids is 1. The molecule has 2 atom stereocenters. The van der Waals surface area contributed by atoms with E-state index in [1.807, 2.05) is 42.6 Å². The molecular formula is C30H37N3O2. The minimum Gasteiger partial charge on any atom is -0.362 e. The van der Waals surface area contributed by atoms with E-state index < -0.39 is 0 Å². The van der Waals surface area contributed by atoms with Crippen molar-refractivity contribution in [2.24, 2.45) is 0 Å². The fourth-order valence-electron chi connectivity index (χ4n) is 4.95. The van der Waals surface area contributed by atoms with Gasteiger partial charge in [0.05, 0.1) is 0 Å². The first-order chi connectivity index (χ1) is 17.2. The van der Waals surface area contributed by atoms with Gasteiger partial charge in [0.1, 0.15) is 6.23 Å². The number of nitrogens with one attached hydrogen (secondary N) is 2. The summed E-state index contributed by atoms with van der Waals surface area (Å²) in [4.78, 5) is 16.9. The summed E-state index contributed by atoms with van der Waals surface area (Å²) >= 11 is 0. The molecule has 1 unspecified atom stereocenters. The number of ether oxygens (including phenoxy) is 1. The summed E-state index contributed by atoms with van der Waals surface area (Å²) < 4.78 is 5.59. The molecule has 0 saturated carbocycles. The molecule has 0 spiro atoms. The molecule has 5 nitrogen and oxygen atoms in total. The van der Waals surface area contributed by atoms with Crippen molar-refractivity contribution in [2.45, 2.75) is 64.1 Å². The van der Waals surface area contributed by atoms with E-state index in [1.165, 1.54) is 29.5 Å². The van der Waals surface area contributed by atoms with E-state index in [2.05, 4.69) is 40.7 Å². The lowest BCUT2D eigenvalue weighted by atomic mass is 9.84. The first-order valence-corrected chi connectivity index (χ1v) is 12.8. The van der Waals surface area contributed by atoms with Crippen LogP contribution in [0.2, 0.25) is 0 Å². The number of amides is 1. The first kappa shape index (κ1) is 25.1. The maximum Gasteiger partial charge on any atom is 0.253 e. The number of rotatable bonds is 11. The van der Waals surface area contributed by atoms with Crippen LogP contribution in [0.3, 0.4) is 0 Å². The summed E-state index contributed by atoms with van der Waals surface area (Å²) in [6.45, 7) is 3.32. The van der Waals surface area contributed by atoms with Gasteiger partial charge in [0.25, 0.3) is 5.91 Å². The van der Waals surface area contributed by atoms with Crippen molar-refractivity contribution < 1.29 is 9.53 Å². The molecule has 1 heterocycles. The molecule has 0 bridgehead atoms. The number of nitrogens with zero attached hydrogens (tertiary/aromatic N) is 1. The Morgan fingerprint density at radius 3 is 2.71 bits per heavy atom. The van der Waals surface area contributed by atoms with Gasteiger partial charge in [0, 0.05) is 31.1 Å². The van der Waals surface area contributed by atoms with Crippen LogP contribution in [0.1, 0.15) is 59.7 Å². The van der Waals surface area contributed by atoms with Crippen molar-refractivity contribution in [1.29, 1.82) is 0 Å². The number of benzene rings is 2. The molecule has 5 heteroatoms. The standard InChI is InChI=1S/C30H37N3O2/c1-3-18-32-27-16-17-28-23(7-4-9-25(28)20-27)8-5-11-29(35-2)33-30(34)24-14-12-22(13-15-24)26-10-6-19-31-21-26/h4,6-7,9-10,12-15,19,21,27,29,32H,3,5,8,11,16-18,20H2,1-2H3,(H,33,34)/t27-,29?/m0/s1. The molecule has 1 aliphatic carbocycles. The number of aromatic nitrogens is 1. The zero-order valence-corrected chi connectivity index (χ0v) is 20.9. The fourth-order valence-corrected chi connectivity index (χ4v) is 4.95. The molecule has 1 aromatic heterocycles. The van der Waals surface area contributed by atoms with E-state index in [4.69, 9.17) is 4.74 Å². The Bertz CT molecular complexity index is 1080. The molecule has 35 heavy (non-hydrogen) atoms. The highest BCUT2D eigenvalue weighted by atomic mass is 16.5. The molecule has 4 rings (SSSR count). The maximum absolute atomic E-state index is 12.8. The second kappa shape index (κ2) is 12.6. The predicted molar refractivity (Wildman–Crippen MR) is 141 cm³/mol. The second-order valence-electron chi connectivity index (χ2n) is 9.36. The normalized spacial score (nSPS) is 15.9. The lowest BCUT2D eigenvalue weighted by Gasteiger charge is -2.27. The molecule has 3 aromatic rings. The van der Waals surface area contributed by atoms with Gasteiger partial charge in [-0.15, -0.1) is 0 Å². The first-order valence-electron chi connectivity index (χ1n) is 12.8. The molecule has 0 saturated heterocycles. The lowest BCUT2D eigenvalue weighted by molar-refractivity contribution is 0.0530. The van der Waals surface area contributed by atoms with Gasteiger partial charge in [-0.05, 0) is 97.5 Å². The quantitative estimate of drug-likeness (QED) is 0.371. The van der Waals surface area contributed by atoms with E-state index in [0.717, 1.165) is 49.8 Å². The summed E-state index contributed by atoms with van der Waals surface area (Å²) in [7, 11) is 1.66. The summed E-state index contributed by atoms with van der Waals surface area (Å²) in [5.74, 6) is -0.114. The molecule has 2 N–H and O–H groups in total. The Labute approximate surface area is 209 Å². The van der Waals surface area contributed by atoms with Crippen molar-refractivity contribution in [3.8, 4) is 11.1 Å². The number of methoxy groups -OCH3 is 1. The SMILES string of the molecule is CCCN[C@H]1CCc2c(CCCC(NC(=O)c3ccc(-c4cccnc4)cc3)OC)cccc2C1. The van der Waals surface area contributed by atoms with Crippen molar-refractivity contribution >= 4 is 5.91 Å². The highest BCUT2D eigenvalue weighted by Gasteiger charge is 2.20. The third-order valence-electron chi connectivity index (χ3n) is 6.89. The zero-order valence-electron chi connectivity index (χ0n) is 20.9. The predicted octanol–water partition coefficient (Wildman–Crippen LogP) is 5.33. The van der Waals surface area contributed by atoms with Crippen molar-refractivity contribution in [2.75, 3.05) is 13.7 Å². The maximum atomic E-state index is 12.8. The third kappa shape index (κ3) is 6.77. The van der Waals surface area contributed by atoms with Crippen LogP contribution in [0.4, 0.5) is 0 Å². The number of aryl methyl sites for hydroxylation is 1. The van der Waals surface area contributed by atoms with Crippen LogP contribution in [0.25, 0.3) is 11.1 Å². The second-order valence-corrected chi connectivity index (χ2v) is 9.36.